The average Bonchev–Trinajstić information content (AvgIpc) is 2.48. The summed E-state index contributed by atoms with van der Waals surface area (Å²) in [7, 11) is 7.47. The van der Waals surface area contributed by atoms with Gasteiger partial charge in [0.05, 0.1) is 14.1 Å². The predicted octanol–water partition coefficient (Wildman–Crippen LogP) is 0.785. The highest BCUT2D eigenvalue weighted by Crippen LogP contribution is 2.34. The summed E-state index contributed by atoms with van der Waals surface area (Å²) in [6.07, 6.45) is 1.80. The van der Waals surface area contributed by atoms with Crippen LogP contribution in [0.25, 0.3) is 0 Å². The second kappa shape index (κ2) is 2.70. The van der Waals surface area contributed by atoms with Crippen molar-refractivity contribution >= 4 is 12.4 Å². The summed E-state index contributed by atoms with van der Waals surface area (Å²) in [6.45, 7) is 3.94. The summed E-state index contributed by atoms with van der Waals surface area (Å²) < 4.78 is 0.524. The molecule has 15 heavy (non-hydrogen) atoms. The fourth-order valence-electron chi connectivity index (χ4n) is 1.87. The Balaban J connectivity index is 2.59. The Morgan fingerprint density at radius 1 is 1.33 bits per heavy atom. The molecule has 0 aliphatic carbocycles. The van der Waals surface area contributed by atoms with Gasteiger partial charge in [-0.15, -0.1) is 0 Å². The van der Waals surface area contributed by atoms with Crippen LogP contribution < -0.4 is 0 Å². The normalized spacial score (nSPS) is 24.0. The molecular weight excluding hydrogens is 192 g/mol. The minimum atomic E-state index is -0.0993. The number of nitrogens with zero attached hydrogens (tertiary/aromatic N) is 4. The van der Waals surface area contributed by atoms with Gasteiger partial charge in [-0.05, 0) is 0 Å². The number of urea groups is 1. The lowest BCUT2D eigenvalue weighted by Gasteiger charge is -2.34. The lowest BCUT2D eigenvalue weighted by Crippen LogP contribution is -2.47. The molecule has 0 aromatic carbocycles. The fraction of sp³-hybridized carbons (Fsp3) is 0.400. The Kier molecular flexibility index (Phi) is 1.78. The monoisotopic (exact) mass is 207 g/mol. The summed E-state index contributed by atoms with van der Waals surface area (Å²) in [5, 5.41) is 0. The second-order valence-electron chi connectivity index (χ2n) is 4.30. The van der Waals surface area contributed by atoms with E-state index in [1.807, 2.05) is 14.1 Å². The van der Waals surface area contributed by atoms with Gasteiger partial charge in [-0.3, -0.25) is 9.80 Å². The van der Waals surface area contributed by atoms with Gasteiger partial charge in [-0.2, -0.15) is 4.99 Å². The number of hydrogen-bond acceptors (Lipinski definition) is 2. The first kappa shape index (κ1) is 9.92. The van der Waals surface area contributed by atoms with Crippen molar-refractivity contribution in [3.8, 4) is 0 Å². The zero-order valence-electron chi connectivity index (χ0n) is 9.48. The minimum Gasteiger partial charge on any atom is -0.292 e. The molecule has 0 N–H and O–H groups in total. The van der Waals surface area contributed by atoms with E-state index in [4.69, 9.17) is 0 Å². The molecule has 0 spiro atoms. The van der Waals surface area contributed by atoms with Gasteiger partial charge in [0.15, 0.2) is 6.34 Å². The summed E-state index contributed by atoms with van der Waals surface area (Å²) >= 11 is 0. The van der Waals surface area contributed by atoms with Gasteiger partial charge >= 0.3 is 6.03 Å². The third kappa shape index (κ3) is 1.13. The number of likely N-dealkylation sites (N-methyl/N-ethyl adjacent to an activating group) is 2. The van der Waals surface area contributed by atoms with Gasteiger partial charge in [0.2, 0.25) is 11.5 Å². The molecule has 0 fully saturated rings. The smallest absolute Gasteiger partial charge is 0.292 e. The third-order valence-corrected chi connectivity index (χ3v) is 2.83. The van der Waals surface area contributed by atoms with Gasteiger partial charge in [0, 0.05) is 14.1 Å². The quantitative estimate of drug-likeness (QED) is 0.541. The first-order chi connectivity index (χ1) is 6.86. The van der Waals surface area contributed by atoms with Crippen LogP contribution in [0.3, 0.4) is 0 Å². The largest absolute Gasteiger partial charge is 0.329 e. The van der Waals surface area contributed by atoms with Crippen molar-refractivity contribution in [2.45, 2.75) is 0 Å². The van der Waals surface area contributed by atoms with E-state index in [1.54, 1.807) is 30.2 Å². The average molecular weight is 207 g/mol. The summed E-state index contributed by atoms with van der Waals surface area (Å²) in [6, 6.07) is -0.0993. The standard InChI is InChI=1S/C10H15N4O/c1-7-8-9(11-6-14(8,4)5)13(3)10(15)12(7)2/h6H,1H2,2-5H3/q+1. The third-order valence-electron chi connectivity index (χ3n) is 2.83. The summed E-state index contributed by atoms with van der Waals surface area (Å²) in [4.78, 5) is 19.1. The van der Waals surface area contributed by atoms with Gasteiger partial charge in [-0.25, -0.2) is 9.28 Å². The molecule has 80 valence electrons. The van der Waals surface area contributed by atoms with Crippen LogP contribution in [0.2, 0.25) is 0 Å². The molecule has 0 saturated carbocycles. The first-order valence-corrected chi connectivity index (χ1v) is 4.70. The van der Waals surface area contributed by atoms with E-state index in [1.165, 1.54) is 0 Å². The summed E-state index contributed by atoms with van der Waals surface area (Å²) in [5.74, 6) is 0.702. The Hall–Kier alpha value is -1.62. The van der Waals surface area contributed by atoms with Crippen molar-refractivity contribution in [2.75, 3.05) is 28.2 Å². The Bertz CT molecular complexity index is 419. The van der Waals surface area contributed by atoms with E-state index < -0.39 is 0 Å². The SMILES string of the molecule is C=C1C2=C(N=C[N+]2(C)C)N(C)C(=O)N1C. The lowest BCUT2D eigenvalue weighted by atomic mass is 10.2. The number of amides is 2. The van der Waals surface area contributed by atoms with Crippen LogP contribution in [0.5, 0.6) is 0 Å². The Morgan fingerprint density at radius 3 is 2.53 bits per heavy atom. The number of aliphatic imine (C=N–C) groups is 1. The van der Waals surface area contributed by atoms with Gasteiger partial charge in [0.1, 0.15) is 5.70 Å². The summed E-state index contributed by atoms with van der Waals surface area (Å²) in [5.41, 5.74) is 1.69. The topological polar surface area (TPSA) is 35.9 Å². The van der Waals surface area contributed by atoms with Gasteiger partial charge in [-0.1, -0.05) is 6.58 Å². The number of carbonyl (C=O) groups excluding carboxylic acids is 1. The zero-order valence-corrected chi connectivity index (χ0v) is 9.48. The fourth-order valence-corrected chi connectivity index (χ4v) is 1.87. The molecule has 2 aliphatic heterocycles. The molecule has 2 heterocycles. The van der Waals surface area contributed by atoms with Crippen LogP contribution in [0, 0.1) is 0 Å². The minimum absolute atomic E-state index is 0.0993. The van der Waals surface area contributed by atoms with Gasteiger partial charge < -0.3 is 0 Å². The van der Waals surface area contributed by atoms with Crippen LogP contribution in [-0.4, -0.2) is 54.8 Å². The van der Waals surface area contributed by atoms with Crippen LogP contribution >= 0.6 is 0 Å². The molecule has 0 saturated heterocycles. The van der Waals surface area contributed by atoms with Crippen molar-refractivity contribution in [3.05, 3.63) is 23.8 Å². The molecule has 5 nitrogen and oxygen atoms in total. The second-order valence-corrected chi connectivity index (χ2v) is 4.30. The molecule has 0 aromatic rings. The maximum atomic E-state index is 11.8. The number of hydrogen-bond donors (Lipinski definition) is 0. The molecule has 0 bridgehead atoms. The molecule has 0 radical (unpaired) electrons. The van der Waals surface area contributed by atoms with E-state index in [2.05, 4.69) is 11.6 Å². The maximum absolute atomic E-state index is 11.8. The number of carbonyl (C=O) groups is 1. The molecule has 2 rings (SSSR count). The van der Waals surface area contributed by atoms with Crippen LogP contribution in [0.4, 0.5) is 4.79 Å². The highest BCUT2D eigenvalue weighted by Gasteiger charge is 2.42. The highest BCUT2D eigenvalue weighted by molar-refractivity contribution is 5.82. The van der Waals surface area contributed by atoms with E-state index in [0.717, 1.165) is 11.4 Å². The zero-order chi connectivity index (χ0) is 11.4. The van der Waals surface area contributed by atoms with E-state index in [0.29, 0.717) is 10.3 Å². The Labute approximate surface area is 89.2 Å². The maximum Gasteiger partial charge on any atom is 0.329 e. The predicted molar refractivity (Wildman–Crippen MR) is 57.7 cm³/mol. The first-order valence-electron chi connectivity index (χ1n) is 4.70. The highest BCUT2D eigenvalue weighted by atomic mass is 16.2. The van der Waals surface area contributed by atoms with Crippen molar-refractivity contribution < 1.29 is 9.28 Å². The van der Waals surface area contributed by atoms with E-state index in [-0.39, 0.29) is 6.03 Å². The number of rotatable bonds is 0. The van der Waals surface area contributed by atoms with Crippen LogP contribution in [-0.2, 0) is 0 Å². The molecule has 2 amide bonds. The molecule has 2 aliphatic rings. The Morgan fingerprint density at radius 2 is 1.93 bits per heavy atom. The van der Waals surface area contributed by atoms with E-state index >= 15 is 0 Å². The van der Waals surface area contributed by atoms with Crippen LogP contribution in [0.1, 0.15) is 0 Å². The molecule has 0 unspecified atom stereocenters. The molecule has 0 atom stereocenters. The molecule has 5 heteroatoms. The van der Waals surface area contributed by atoms with Crippen molar-refractivity contribution in [2.24, 2.45) is 4.99 Å². The van der Waals surface area contributed by atoms with Crippen molar-refractivity contribution in [3.63, 3.8) is 0 Å². The number of quaternary nitrogens is 1. The molecule has 0 aromatic heterocycles. The van der Waals surface area contributed by atoms with Crippen molar-refractivity contribution in [1.82, 2.24) is 9.80 Å². The lowest BCUT2D eigenvalue weighted by molar-refractivity contribution is -0.746. The van der Waals surface area contributed by atoms with Crippen molar-refractivity contribution in [1.29, 1.82) is 0 Å². The van der Waals surface area contributed by atoms with E-state index in [9.17, 15) is 4.79 Å². The molecular formula is C10H15N4O+. The van der Waals surface area contributed by atoms with Gasteiger partial charge in [0.25, 0.3) is 0 Å². The van der Waals surface area contributed by atoms with Crippen LogP contribution in [0.15, 0.2) is 28.8 Å².